The molecule has 0 fully saturated rings. The first kappa shape index (κ1) is 15.7. The standard InChI is InChI=1S/C17H26N2/c1-4-5-8-11-17(2,3)14-19-13-16-10-7-6-9-15(16)12-18/h6-7,9-10,19H,4-5,8,11,13-14H2,1-3H3. The molecule has 0 aliphatic carbocycles. The van der Waals surface area contributed by atoms with Crippen LogP contribution in [0, 0.1) is 16.7 Å². The van der Waals surface area contributed by atoms with Crippen LogP contribution in [-0.4, -0.2) is 6.54 Å². The van der Waals surface area contributed by atoms with Gasteiger partial charge in [-0.15, -0.1) is 0 Å². The van der Waals surface area contributed by atoms with Crippen molar-refractivity contribution in [3.05, 3.63) is 35.4 Å². The summed E-state index contributed by atoms with van der Waals surface area (Å²) in [7, 11) is 0. The van der Waals surface area contributed by atoms with Crippen molar-refractivity contribution >= 4 is 0 Å². The van der Waals surface area contributed by atoms with Gasteiger partial charge in [0, 0.05) is 13.1 Å². The number of rotatable bonds is 8. The lowest BCUT2D eigenvalue weighted by atomic mass is 9.87. The molecule has 0 saturated carbocycles. The number of unbranched alkanes of at least 4 members (excludes halogenated alkanes) is 2. The van der Waals surface area contributed by atoms with Crippen molar-refractivity contribution in [2.45, 2.75) is 53.0 Å². The molecule has 0 atom stereocenters. The Bertz CT molecular complexity index is 416. The molecule has 2 nitrogen and oxygen atoms in total. The first-order valence-corrected chi connectivity index (χ1v) is 7.28. The minimum absolute atomic E-state index is 0.330. The van der Waals surface area contributed by atoms with E-state index in [2.05, 4.69) is 32.2 Å². The molecule has 0 unspecified atom stereocenters. The average molecular weight is 258 g/mol. The maximum Gasteiger partial charge on any atom is 0.0995 e. The maximum atomic E-state index is 9.04. The van der Waals surface area contributed by atoms with E-state index in [0.29, 0.717) is 5.41 Å². The summed E-state index contributed by atoms with van der Waals surface area (Å²) in [6.45, 7) is 8.64. The molecule has 0 aliphatic rings. The Labute approximate surface area is 117 Å². The highest BCUT2D eigenvalue weighted by atomic mass is 14.9. The smallest absolute Gasteiger partial charge is 0.0995 e. The highest BCUT2D eigenvalue weighted by Crippen LogP contribution is 2.22. The highest BCUT2D eigenvalue weighted by molar-refractivity contribution is 5.37. The van der Waals surface area contributed by atoms with E-state index < -0.39 is 0 Å². The van der Waals surface area contributed by atoms with Gasteiger partial charge >= 0.3 is 0 Å². The summed E-state index contributed by atoms with van der Waals surface area (Å²) in [5, 5.41) is 12.5. The molecule has 0 amide bonds. The molecule has 0 spiro atoms. The van der Waals surface area contributed by atoms with Crippen LogP contribution in [0.15, 0.2) is 24.3 Å². The molecule has 104 valence electrons. The first-order chi connectivity index (χ1) is 9.09. The molecule has 0 radical (unpaired) electrons. The van der Waals surface area contributed by atoms with E-state index in [0.717, 1.165) is 24.2 Å². The van der Waals surface area contributed by atoms with Crippen LogP contribution in [0.2, 0.25) is 0 Å². The van der Waals surface area contributed by atoms with Crippen molar-refractivity contribution in [2.24, 2.45) is 5.41 Å². The lowest BCUT2D eigenvalue weighted by molar-refractivity contribution is 0.302. The van der Waals surface area contributed by atoms with Crippen molar-refractivity contribution in [3.8, 4) is 6.07 Å². The number of hydrogen-bond donors (Lipinski definition) is 1. The Hall–Kier alpha value is -1.33. The average Bonchev–Trinajstić information content (AvgIpc) is 2.39. The molecule has 0 heterocycles. The molecule has 2 heteroatoms. The van der Waals surface area contributed by atoms with Gasteiger partial charge in [0.2, 0.25) is 0 Å². The van der Waals surface area contributed by atoms with E-state index in [4.69, 9.17) is 5.26 Å². The molecule has 0 aliphatic heterocycles. The third-order valence-corrected chi connectivity index (χ3v) is 3.51. The fourth-order valence-corrected chi connectivity index (χ4v) is 2.26. The van der Waals surface area contributed by atoms with E-state index in [1.54, 1.807) is 0 Å². The van der Waals surface area contributed by atoms with Gasteiger partial charge in [0.1, 0.15) is 0 Å². The fourth-order valence-electron chi connectivity index (χ4n) is 2.26. The summed E-state index contributed by atoms with van der Waals surface area (Å²) < 4.78 is 0. The number of nitrogens with one attached hydrogen (secondary N) is 1. The summed E-state index contributed by atoms with van der Waals surface area (Å²) >= 11 is 0. The Morgan fingerprint density at radius 3 is 2.63 bits per heavy atom. The molecule has 0 bridgehead atoms. The predicted octanol–water partition coefficient (Wildman–Crippen LogP) is 4.25. The Morgan fingerprint density at radius 1 is 1.21 bits per heavy atom. The van der Waals surface area contributed by atoms with Crippen LogP contribution in [0.25, 0.3) is 0 Å². The lowest BCUT2D eigenvalue weighted by Crippen LogP contribution is -2.29. The van der Waals surface area contributed by atoms with Crippen LogP contribution in [-0.2, 0) is 6.54 Å². The number of nitrogens with zero attached hydrogens (tertiary/aromatic N) is 1. The van der Waals surface area contributed by atoms with Gasteiger partial charge in [0.25, 0.3) is 0 Å². The zero-order chi connectivity index (χ0) is 14.1. The maximum absolute atomic E-state index is 9.04. The molecular weight excluding hydrogens is 232 g/mol. The summed E-state index contributed by atoms with van der Waals surface area (Å²) in [6.07, 6.45) is 5.16. The lowest BCUT2D eigenvalue weighted by Gasteiger charge is -2.25. The van der Waals surface area contributed by atoms with Crippen molar-refractivity contribution < 1.29 is 0 Å². The van der Waals surface area contributed by atoms with E-state index in [-0.39, 0.29) is 0 Å². The van der Waals surface area contributed by atoms with Gasteiger partial charge in [0.15, 0.2) is 0 Å². The zero-order valence-corrected chi connectivity index (χ0v) is 12.5. The summed E-state index contributed by atoms with van der Waals surface area (Å²) in [5.74, 6) is 0. The van der Waals surface area contributed by atoms with Crippen LogP contribution in [0.1, 0.15) is 57.6 Å². The van der Waals surface area contributed by atoms with Gasteiger partial charge in [-0.25, -0.2) is 0 Å². The molecular formula is C17H26N2. The molecule has 1 rings (SSSR count). The van der Waals surface area contributed by atoms with Crippen molar-refractivity contribution in [1.82, 2.24) is 5.32 Å². The van der Waals surface area contributed by atoms with E-state index in [9.17, 15) is 0 Å². The number of nitriles is 1. The zero-order valence-electron chi connectivity index (χ0n) is 12.5. The second-order valence-electron chi connectivity index (χ2n) is 5.99. The summed E-state index contributed by atoms with van der Waals surface area (Å²) in [4.78, 5) is 0. The normalized spacial score (nSPS) is 11.3. The Kier molecular flexibility index (Phi) is 6.59. The van der Waals surface area contributed by atoms with Gasteiger partial charge in [-0.1, -0.05) is 58.2 Å². The topological polar surface area (TPSA) is 35.8 Å². The SMILES string of the molecule is CCCCCC(C)(C)CNCc1ccccc1C#N. The third kappa shape index (κ3) is 5.89. The molecule has 0 aromatic heterocycles. The van der Waals surface area contributed by atoms with E-state index in [1.165, 1.54) is 25.7 Å². The highest BCUT2D eigenvalue weighted by Gasteiger charge is 2.16. The monoisotopic (exact) mass is 258 g/mol. The van der Waals surface area contributed by atoms with Crippen molar-refractivity contribution in [2.75, 3.05) is 6.54 Å². The number of benzene rings is 1. The molecule has 19 heavy (non-hydrogen) atoms. The largest absolute Gasteiger partial charge is 0.312 e. The van der Waals surface area contributed by atoms with Crippen LogP contribution in [0.5, 0.6) is 0 Å². The first-order valence-electron chi connectivity index (χ1n) is 7.28. The minimum atomic E-state index is 0.330. The van der Waals surface area contributed by atoms with Crippen molar-refractivity contribution in [1.29, 1.82) is 5.26 Å². The second-order valence-corrected chi connectivity index (χ2v) is 5.99. The molecule has 0 saturated heterocycles. The van der Waals surface area contributed by atoms with Gasteiger partial charge in [-0.3, -0.25) is 0 Å². The van der Waals surface area contributed by atoms with E-state index in [1.807, 2.05) is 24.3 Å². The van der Waals surface area contributed by atoms with Gasteiger partial charge in [0.05, 0.1) is 11.6 Å². The minimum Gasteiger partial charge on any atom is -0.312 e. The van der Waals surface area contributed by atoms with Gasteiger partial charge in [-0.05, 0) is 23.5 Å². The van der Waals surface area contributed by atoms with Gasteiger partial charge in [-0.2, -0.15) is 5.26 Å². The molecule has 1 aromatic rings. The van der Waals surface area contributed by atoms with Crippen LogP contribution in [0.4, 0.5) is 0 Å². The van der Waals surface area contributed by atoms with Crippen LogP contribution >= 0.6 is 0 Å². The quantitative estimate of drug-likeness (QED) is 0.707. The number of hydrogen-bond acceptors (Lipinski definition) is 2. The molecule has 1 aromatic carbocycles. The Morgan fingerprint density at radius 2 is 1.95 bits per heavy atom. The fraction of sp³-hybridized carbons (Fsp3) is 0.588. The van der Waals surface area contributed by atoms with Crippen molar-refractivity contribution in [3.63, 3.8) is 0 Å². The Balaban J connectivity index is 2.39. The molecule has 1 N–H and O–H groups in total. The van der Waals surface area contributed by atoms with Gasteiger partial charge < -0.3 is 5.32 Å². The summed E-state index contributed by atoms with van der Waals surface area (Å²) in [5.41, 5.74) is 2.20. The van der Waals surface area contributed by atoms with Crippen LogP contribution in [0.3, 0.4) is 0 Å². The third-order valence-electron chi connectivity index (χ3n) is 3.51. The summed E-state index contributed by atoms with van der Waals surface area (Å²) in [6, 6.07) is 10.1. The van der Waals surface area contributed by atoms with Crippen LogP contribution < -0.4 is 5.32 Å². The second kappa shape index (κ2) is 7.96. The van der Waals surface area contributed by atoms with E-state index >= 15 is 0 Å². The predicted molar refractivity (Wildman–Crippen MR) is 80.8 cm³/mol.